The Hall–Kier alpha value is -1.69. The lowest BCUT2D eigenvalue weighted by atomic mass is 9.96. The summed E-state index contributed by atoms with van der Waals surface area (Å²) in [5.41, 5.74) is 0.272. The van der Waals surface area contributed by atoms with E-state index in [1.165, 1.54) is 12.2 Å². The first-order chi connectivity index (χ1) is 6.59. The van der Waals surface area contributed by atoms with Gasteiger partial charge in [0.15, 0.2) is 0 Å². The van der Waals surface area contributed by atoms with Crippen LogP contribution >= 0.6 is 0 Å². The van der Waals surface area contributed by atoms with Crippen LogP contribution in [0.5, 0.6) is 0 Å². The molecule has 0 radical (unpaired) electrons. The van der Waals surface area contributed by atoms with E-state index >= 15 is 0 Å². The highest BCUT2D eigenvalue weighted by Crippen LogP contribution is 2.34. The molecule has 0 saturated carbocycles. The van der Waals surface area contributed by atoms with Crippen molar-refractivity contribution in [2.45, 2.75) is 12.8 Å². The number of amides is 1. The molecule has 1 fully saturated rings. The molecular formula is C8H8N2O4. The molecule has 1 amide bonds. The molecule has 6 nitrogen and oxygen atoms in total. The Morgan fingerprint density at radius 3 is 3.00 bits per heavy atom. The molecule has 0 aromatic carbocycles. The number of hydroxylamine groups is 2. The fraction of sp³-hybridized carbons (Fsp3) is 0.375. The lowest BCUT2D eigenvalue weighted by molar-refractivity contribution is -0.419. The van der Waals surface area contributed by atoms with Gasteiger partial charge in [0.05, 0.1) is 10.6 Å². The molecule has 1 aliphatic carbocycles. The molecular weight excluding hydrogens is 188 g/mol. The van der Waals surface area contributed by atoms with Crippen LogP contribution in [0.25, 0.3) is 0 Å². The first kappa shape index (κ1) is 8.89. The number of hydrogen-bond donors (Lipinski definition) is 1. The van der Waals surface area contributed by atoms with E-state index in [9.17, 15) is 20.1 Å². The average Bonchev–Trinajstić information content (AvgIpc) is 2.43. The van der Waals surface area contributed by atoms with E-state index in [2.05, 4.69) is 0 Å². The summed E-state index contributed by atoms with van der Waals surface area (Å²) >= 11 is 0. The zero-order valence-electron chi connectivity index (χ0n) is 7.21. The Labute approximate surface area is 79.2 Å². The molecule has 1 saturated heterocycles. The van der Waals surface area contributed by atoms with Crippen molar-refractivity contribution >= 4 is 5.91 Å². The molecule has 0 aromatic rings. The summed E-state index contributed by atoms with van der Waals surface area (Å²) in [5, 5.41) is 20.2. The van der Waals surface area contributed by atoms with Gasteiger partial charge in [0, 0.05) is 18.4 Å². The second-order valence-electron chi connectivity index (χ2n) is 3.30. The van der Waals surface area contributed by atoms with Crippen molar-refractivity contribution in [2.24, 2.45) is 5.92 Å². The number of fused-ring (bicyclic) bond motifs is 1. The van der Waals surface area contributed by atoms with E-state index < -0.39 is 10.8 Å². The van der Waals surface area contributed by atoms with Crippen LogP contribution in [0.2, 0.25) is 0 Å². The van der Waals surface area contributed by atoms with Gasteiger partial charge in [0.1, 0.15) is 0 Å². The monoisotopic (exact) mass is 196 g/mol. The van der Waals surface area contributed by atoms with Gasteiger partial charge >= 0.3 is 0 Å². The fourth-order valence-electron chi connectivity index (χ4n) is 1.70. The summed E-state index contributed by atoms with van der Waals surface area (Å²) in [5.74, 6) is -0.504. The standard InChI is InChI=1S/C8H8N2O4/c11-8-3-5-1-2-6(10(13)14)4-7(5)9(8)12/h2,4-5,12H,1,3H2. The van der Waals surface area contributed by atoms with Crippen molar-refractivity contribution in [3.05, 3.63) is 33.7 Å². The molecule has 0 spiro atoms. The van der Waals surface area contributed by atoms with E-state index in [1.807, 2.05) is 0 Å². The quantitative estimate of drug-likeness (QED) is 0.379. The molecule has 0 aromatic heterocycles. The predicted octanol–water partition coefficient (Wildman–Crippen LogP) is 0.672. The van der Waals surface area contributed by atoms with Gasteiger partial charge < -0.3 is 0 Å². The van der Waals surface area contributed by atoms with Crippen LogP contribution < -0.4 is 0 Å². The van der Waals surface area contributed by atoms with E-state index in [-0.39, 0.29) is 18.0 Å². The third-order valence-corrected chi connectivity index (χ3v) is 2.44. The first-order valence-corrected chi connectivity index (χ1v) is 4.17. The summed E-state index contributed by atoms with van der Waals surface area (Å²) in [6.45, 7) is 0. The fourth-order valence-corrected chi connectivity index (χ4v) is 1.70. The molecule has 2 aliphatic rings. The molecule has 6 heteroatoms. The van der Waals surface area contributed by atoms with Gasteiger partial charge in [-0.3, -0.25) is 20.1 Å². The smallest absolute Gasteiger partial charge is 0.267 e. The number of carbonyl (C=O) groups excluding carboxylic acids is 1. The largest absolute Gasteiger partial charge is 0.281 e. The zero-order valence-corrected chi connectivity index (χ0v) is 7.21. The van der Waals surface area contributed by atoms with E-state index in [0.29, 0.717) is 17.2 Å². The summed E-state index contributed by atoms with van der Waals surface area (Å²) in [7, 11) is 0. The Morgan fingerprint density at radius 1 is 1.64 bits per heavy atom. The number of rotatable bonds is 1. The molecule has 1 atom stereocenters. The number of allylic oxidation sites excluding steroid dienone is 3. The van der Waals surface area contributed by atoms with Gasteiger partial charge in [-0.1, -0.05) is 0 Å². The normalized spacial score (nSPS) is 25.6. The highest BCUT2D eigenvalue weighted by atomic mass is 16.6. The van der Waals surface area contributed by atoms with Gasteiger partial charge in [-0.05, 0) is 12.5 Å². The van der Waals surface area contributed by atoms with Gasteiger partial charge in [0.2, 0.25) is 0 Å². The van der Waals surface area contributed by atoms with Crippen LogP contribution in [0.15, 0.2) is 23.5 Å². The van der Waals surface area contributed by atoms with Crippen LogP contribution in [0.3, 0.4) is 0 Å². The maximum absolute atomic E-state index is 11.1. The number of nitrogens with zero attached hydrogens (tertiary/aromatic N) is 2. The Balaban J connectivity index is 2.32. The van der Waals surface area contributed by atoms with Crippen LogP contribution in [0.4, 0.5) is 0 Å². The highest BCUT2D eigenvalue weighted by molar-refractivity contribution is 5.81. The van der Waals surface area contributed by atoms with Gasteiger partial charge in [-0.2, -0.15) is 5.06 Å². The van der Waals surface area contributed by atoms with E-state index in [0.717, 1.165) is 0 Å². The lowest BCUT2D eigenvalue weighted by Crippen LogP contribution is -2.20. The molecule has 2 rings (SSSR count). The summed E-state index contributed by atoms with van der Waals surface area (Å²) in [4.78, 5) is 21.0. The highest BCUT2D eigenvalue weighted by Gasteiger charge is 2.37. The Bertz CT molecular complexity index is 372. The molecule has 1 N–H and O–H groups in total. The average molecular weight is 196 g/mol. The van der Waals surface area contributed by atoms with Gasteiger partial charge in [-0.25, -0.2) is 0 Å². The van der Waals surface area contributed by atoms with Crippen LogP contribution in [-0.2, 0) is 4.79 Å². The molecule has 1 aliphatic heterocycles. The SMILES string of the molecule is O=C1CC2CC=C([N+](=O)[O-])C=C2N1O. The Kier molecular flexibility index (Phi) is 1.85. The molecule has 1 heterocycles. The van der Waals surface area contributed by atoms with Crippen molar-refractivity contribution in [3.63, 3.8) is 0 Å². The Morgan fingerprint density at radius 2 is 2.36 bits per heavy atom. The minimum absolute atomic E-state index is 0.0648. The minimum Gasteiger partial charge on any atom is -0.281 e. The third kappa shape index (κ3) is 1.20. The number of hydrogen-bond acceptors (Lipinski definition) is 4. The third-order valence-electron chi connectivity index (χ3n) is 2.44. The molecule has 1 unspecified atom stereocenters. The number of carbonyl (C=O) groups is 1. The lowest BCUT2D eigenvalue weighted by Gasteiger charge is -2.14. The van der Waals surface area contributed by atoms with E-state index in [4.69, 9.17) is 0 Å². The van der Waals surface area contributed by atoms with Gasteiger partial charge in [-0.15, -0.1) is 0 Å². The van der Waals surface area contributed by atoms with Crippen molar-refractivity contribution in [3.8, 4) is 0 Å². The molecule has 0 bridgehead atoms. The van der Waals surface area contributed by atoms with Crippen LogP contribution in [0, 0.1) is 16.0 Å². The zero-order chi connectivity index (χ0) is 10.3. The first-order valence-electron chi connectivity index (χ1n) is 4.17. The maximum Gasteiger partial charge on any atom is 0.267 e. The van der Waals surface area contributed by atoms with Crippen molar-refractivity contribution in [1.29, 1.82) is 0 Å². The van der Waals surface area contributed by atoms with E-state index in [1.54, 1.807) is 0 Å². The van der Waals surface area contributed by atoms with Crippen molar-refractivity contribution in [1.82, 2.24) is 5.06 Å². The minimum atomic E-state index is -0.528. The molecule has 14 heavy (non-hydrogen) atoms. The topological polar surface area (TPSA) is 83.7 Å². The number of nitro groups is 1. The maximum atomic E-state index is 11.1. The predicted molar refractivity (Wildman–Crippen MR) is 44.5 cm³/mol. The second kappa shape index (κ2) is 2.91. The second-order valence-corrected chi connectivity index (χ2v) is 3.30. The van der Waals surface area contributed by atoms with Crippen LogP contribution in [-0.4, -0.2) is 21.1 Å². The molecule has 74 valence electrons. The summed E-state index contributed by atoms with van der Waals surface area (Å²) in [6.07, 6.45) is 3.38. The summed E-state index contributed by atoms with van der Waals surface area (Å²) < 4.78 is 0. The van der Waals surface area contributed by atoms with Crippen molar-refractivity contribution in [2.75, 3.05) is 0 Å². The van der Waals surface area contributed by atoms with Crippen molar-refractivity contribution < 1.29 is 14.9 Å². The summed E-state index contributed by atoms with van der Waals surface area (Å²) in [6, 6.07) is 0. The van der Waals surface area contributed by atoms with Crippen LogP contribution in [0.1, 0.15) is 12.8 Å². The van der Waals surface area contributed by atoms with Gasteiger partial charge in [0.25, 0.3) is 11.6 Å².